The number of aromatic nitrogens is 2. The fraction of sp³-hybridized carbons (Fsp3) is 0.643. The molecule has 1 spiro atoms. The van der Waals surface area contributed by atoms with E-state index in [2.05, 4.69) is 4.98 Å². The van der Waals surface area contributed by atoms with Crippen LogP contribution < -0.4 is 0 Å². The first-order valence-electron chi connectivity index (χ1n) is 7.25. The van der Waals surface area contributed by atoms with Crippen molar-refractivity contribution in [2.24, 2.45) is 0 Å². The highest BCUT2D eigenvalue weighted by atomic mass is 16.6. The zero-order valence-corrected chi connectivity index (χ0v) is 12.4. The molecule has 0 bridgehead atoms. The Morgan fingerprint density at radius 3 is 2.95 bits per heavy atom. The number of nitrogens with zero attached hydrogens (tertiary/aromatic N) is 4. The molecule has 21 heavy (non-hydrogen) atoms. The van der Waals surface area contributed by atoms with Crippen molar-refractivity contribution in [1.29, 1.82) is 0 Å². The van der Waals surface area contributed by atoms with Crippen LogP contribution in [-0.4, -0.2) is 63.6 Å². The third kappa shape index (κ3) is 2.48. The van der Waals surface area contributed by atoms with E-state index in [1.807, 2.05) is 17.7 Å². The van der Waals surface area contributed by atoms with E-state index >= 15 is 0 Å². The minimum atomic E-state index is -0.510. The molecule has 2 aliphatic rings. The van der Waals surface area contributed by atoms with Gasteiger partial charge in [0, 0.05) is 38.8 Å². The summed E-state index contributed by atoms with van der Waals surface area (Å²) in [7, 11) is 1.72. The van der Waals surface area contributed by atoms with Gasteiger partial charge in [-0.1, -0.05) is 6.92 Å². The van der Waals surface area contributed by atoms with E-state index in [4.69, 9.17) is 4.74 Å². The van der Waals surface area contributed by atoms with Gasteiger partial charge < -0.3 is 19.1 Å². The monoisotopic (exact) mass is 292 g/mol. The Bertz CT molecular complexity index is 570. The third-order valence-corrected chi connectivity index (χ3v) is 4.23. The van der Waals surface area contributed by atoms with Crippen molar-refractivity contribution in [3.63, 3.8) is 0 Å². The molecule has 0 unspecified atom stereocenters. The van der Waals surface area contributed by atoms with Crippen LogP contribution in [0.2, 0.25) is 0 Å². The standard InChI is InChI=1S/C14H20N4O3/c1-3-11-15-5-7-17(11)8-12(19)18-6-4-14(10-18)9-16(2)13(20)21-14/h5,7H,3-4,6,8-10H2,1-2H3/t14-/m0/s1. The van der Waals surface area contributed by atoms with E-state index in [1.165, 1.54) is 0 Å². The average Bonchev–Trinajstić information content (AvgIpc) is 3.11. The zero-order valence-electron chi connectivity index (χ0n) is 12.4. The Kier molecular flexibility index (Phi) is 3.35. The quantitative estimate of drug-likeness (QED) is 0.813. The molecule has 114 valence electrons. The van der Waals surface area contributed by atoms with Gasteiger partial charge in [-0.3, -0.25) is 4.79 Å². The molecule has 7 heteroatoms. The Balaban J connectivity index is 1.64. The molecule has 3 heterocycles. The molecule has 0 saturated carbocycles. The molecule has 3 rings (SSSR count). The van der Waals surface area contributed by atoms with Gasteiger partial charge in [0.2, 0.25) is 5.91 Å². The molecule has 0 N–H and O–H groups in total. The summed E-state index contributed by atoms with van der Waals surface area (Å²) in [5, 5.41) is 0. The molecular formula is C14H20N4O3. The summed E-state index contributed by atoms with van der Waals surface area (Å²) in [5.41, 5.74) is -0.510. The summed E-state index contributed by atoms with van der Waals surface area (Å²) in [5.74, 6) is 0.953. The summed E-state index contributed by atoms with van der Waals surface area (Å²) in [6.45, 7) is 3.99. The zero-order chi connectivity index (χ0) is 15.0. The maximum Gasteiger partial charge on any atom is 0.410 e. The molecule has 0 aliphatic carbocycles. The van der Waals surface area contributed by atoms with Crippen LogP contribution in [0, 0.1) is 0 Å². The first kappa shape index (κ1) is 13.9. The molecular weight excluding hydrogens is 272 g/mol. The highest BCUT2D eigenvalue weighted by Crippen LogP contribution is 2.31. The number of carbonyl (C=O) groups is 2. The Morgan fingerprint density at radius 1 is 1.48 bits per heavy atom. The number of hydrogen-bond acceptors (Lipinski definition) is 4. The number of rotatable bonds is 3. The van der Waals surface area contributed by atoms with E-state index in [-0.39, 0.29) is 12.0 Å². The van der Waals surface area contributed by atoms with Gasteiger partial charge in [0.05, 0.1) is 13.1 Å². The molecule has 0 aromatic carbocycles. The first-order valence-corrected chi connectivity index (χ1v) is 7.25. The minimum Gasteiger partial charge on any atom is -0.439 e. The largest absolute Gasteiger partial charge is 0.439 e. The highest BCUT2D eigenvalue weighted by Gasteiger charge is 2.49. The fourth-order valence-corrected chi connectivity index (χ4v) is 3.11. The number of imidazole rings is 1. The second-order valence-corrected chi connectivity index (χ2v) is 5.80. The molecule has 0 radical (unpaired) electrons. The number of hydrogen-bond donors (Lipinski definition) is 0. The van der Waals surface area contributed by atoms with Crippen LogP contribution in [0.4, 0.5) is 4.79 Å². The normalized spacial score (nSPS) is 25.0. The van der Waals surface area contributed by atoms with Gasteiger partial charge in [0.1, 0.15) is 12.4 Å². The van der Waals surface area contributed by atoms with E-state index in [0.717, 1.165) is 12.2 Å². The molecule has 1 atom stereocenters. The Morgan fingerprint density at radius 2 is 2.29 bits per heavy atom. The number of carbonyl (C=O) groups excluding carboxylic acids is 2. The van der Waals surface area contributed by atoms with Crippen molar-refractivity contribution in [1.82, 2.24) is 19.4 Å². The molecule has 1 aromatic heterocycles. The lowest BCUT2D eigenvalue weighted by Crippen LogP contribution is -2.40. The Hall–Kier alpha value is -2.05. The lowest BCUT2D eigenvalue weighted by molar-refractivity contribution is -0.131. The smallest absolute Gasteiger partial charge is 0.410 e. The van der Waals surface area contributed by atoms with Gasteiger partial charge in [0.25, 0.3) is 0 Å². The van der Waals surface area contributed by atoms with Crippen molar-refractivity contribution in [2.75, 3.05) is 26.7 Å². The fourth-order valence-electron chi connectivity index (χ4n) is 3.11. The van der Waals surface area contributed by atoms with Gasteiger partial charge in [-0.2, -0.15) is 0 Å². The van der Waals surface area contributed by atoms with Gasteiger partial charge in [-0.05, 0) is 0 Å². The number of likely N-dealkylation sites (N-methyl/N-ethyl adjacent to an activating group) is 1. The maximum absolute atomic E-state index is 12.4. The SMILES string of the molecule is CCc1nccn1CC(=O)N1CC[C@]2(CN(C)C(=O)O2)C1. The topological polar surface area (TPSA) is 67.7 Å². The number of aryl methyl sites for hydroxylation is 1. The molecule has 7 nitrogen and oxygen atoms in total. The molecule has 2 amide bonds. The summed E-state index contributed by atoms with van der Waals surface area (Å²) in [6, 6.07) is 0. The first-order chi connectivity index (χ1) is 10.0. The molecule has 1 aromatic rings. The van der Waals surface area contributed by atoms with Crippen LogP contribution in [0.15, 0.2) is 12.4 Å². The van der Waals surface area contributed by atoms with E-state index in [1.54, 1.807) is 23.0 Å². The highest BCUT2D eigenvalue weighted by molar-refractivity contribution is 5.77. The van der Waals surface area contributed by atoms with Crippen LogP contribution >= 0.6 is 0 Å². The van der Waals surface area contributed by atoms with Crippen molar-refractivity contribution < 1.29 is 14.3 Å². The van der Waals surface area contributed by atoms with Gasteiger partial charge >= 0.3 is 6.09 Å². The maximum atomic E-state index is 12.4. The minimum absolute atomic E-state index is 0.0465. The van der Waals surface area contributed by atoms with E-state index < -0.39 is 5.60 Å². The molecule has 2 saturated heterocycles. The van der Waals surface area contributed by atoms with Crippen LogP contribution in [-0.2, 0) is 22.5 Å². The van der Waals surface area contributed by atoms with E-state index in [0.29, 0.717) is 32.6 Å². The molecule has 2 aliphatic heterocycles. The number of ether oxygens (including phenoxy) is 1. The lowest BCUT2D eigenvalue weighted by Gasteiger charge is -2.22. The van der Waals surface area contributed by atoms with Crippen molar-refractivity contribution in [3.8, 4) is 0 Å². The van der Waals surface area contributed by atoms with Gasteiger partial charge in [-0.15, -0.1) is 0 Å². The van der Waals surface area contributed by atoms with Crippen molar-refractivity contribution in [3.05, 3.63) is 18.2 Å². The van der Waals surface area contributed by atoms with Crippen molar-refractivity contribution >= 4 is 12.0 Å². The van der Waals surface area contributed by atoms with Gasteiger partial charge in [0.15, 0.2) is 5.60 Å². The van der Waals surface area contributed by atoms with Crippen molar-refractivity contribution in [2.45, 2.75) is 31.9 Å². The van der Waals surface area contributed by atoms with Crippen LogP contribution in [0.3, 0.4) is 0 Å². The number of likely N-dealkylation sites (tertiary alicyclic amines) is 1. The third-order valence-electron chi connectivity index (χ3n) is 4.23. The van der Waals surface area contributed by atoms with Crippen LogP contribution in [0.25, 0.3) is 0 Å². The summed E-state index contributed by atoms with van der Waals surface area (Å²) >= 11 is 0. The predicted molar refractivity (Wildman–Crippen MR) is 74.6 cm³/mol. The van der Waals surface area contributed by atoms with Crippen LogP contribution in [0.1, 0.15) is 19.2 Å². The average molecular weight is 292 g/mol. The van der Waals surface area contributed by atoms with Crippen LogP contribution in [0.5, 0.6) is 0 Å². The summed E-state index contributed by atoms with van der Waals surface area (Å²) < 4.78 is 7.33. The number of amides is 2. The second kappa shape index (κ2) is 5.05. The second-order valence-electron chi connectivity index (χ2n) is 5.80. The summed E-state index contributed by atoms with van der Waals surface area (Å²) in [4.78, 5) is 31.5. The predicted octanol–water partition coefficient (Wildman–Crippen LogP) is 0.499. The molecule has 2 fully saturated rings. The Labute approximate surface area is 123 Å². The van der Waals surface area contributed by atoms with E-state index in [9.17, 15) is 9.59 Å². The lowest BCUT2D eigenvalue weighted by atomic mass is 10.0. The summed E-state index contributed by atoms with van der Waals surface area (Å²) in [6.07, 6.45) is 4.75. The van der Waals surface area contributed by atoms with Gasteiger partial charge in [-0.25, -0.2) is 9.78 Å².